The predicted molar refractivity (Wildman–Crippen MR) is 132 cm³/mol. The molecule has 2 rings (SSSR count). The zero-order valence-electron chi connectivity index (χ0n) is 18.3. The molecule has 0 atom stereocenters. The van der Waals surface area contributed by atoms with Crippen molar-refractivity contribution in [3.63, 3.8) is 0 Å². The van der Waals surface area contributed by atoms with Crippen molar-refractivity contribution in [3.8, 4) is 5.75 Å². The lowest BCUT2D eigenvalue weighted by Gasteiger charge is -2.32. The maximum absolute atomic E-state index is 5.79. The Bertz CT molecular complexity index is 578. The SMILES string of the molecule is CCCN1CCC(NC(=NCc2cccc(OCCCOC)c2)NCC)CC1.I. The maximum atomic E-state index is 5.79. The van der Waals surface area contributed by atoms with Crippen molar-refractivity contribution >= 4 is 29.9 Å². The first kappa shape index (κ1) is 26.0. The van der Waals surface area contributed by atoms with Gasteiger partial charge in [-0.25, -0.2) is 4.99 Å². The number of rotatable bonds is 11. The second-order valence-corrected chi connectivity index (χ2v) is 7.30. The summed E-state index contributed by atoms with van der Waals surface area (Å²) in [5, 5.41) is 7.00. The minimum Gasteiger partial charge on any atom is -0.493 e. The Labute approximate surface area is 193 Å². The van der Waals surface area contributed by atoms with Crippen LogP contribution in [0.5, 0.6) is 5.75 Å². The van der Waals surface area contributed by atoms with Crippen LogP contribution in [0.3, 0.4) is 0 Å². The van der Waals surface area contributed by atoms with Crippen molar-refractivity contribution in [1.82, 2.24) is 15.5 Å². The van der Waals surface area contributed by atoms with E-state index >= 15 is 0 Å². The molecule has 1 heterocycles. The topological polar surface area (TPSA) is 58.1 Å². The Morgan fingerprint density at radius 3 is 2.69 bits per heavy atom. The number of nitrogens with zero attached hydrogens (tertiary/aromatic N) is 2. The lowest BCUT2D eigenvalue weighted by molar-refractivity contribution is 0.172. The molecule has 0 bridgehead atoms. The summed E-state index contributed by atoms with van der Waals surface area (Å²) in [7, 11) is 1.71. The molecule has 0 amide bonds. The molecule has 29 heavy (non-hydrogen) atoms. The van der Waals surface area contributed by atoms with E-state index in [1.54, 1.807) is 7.11 Å². The van der Waals surface area contributed by atoms with E-state index in [-0.39, 0.29) is 24.0 Å². The van der Waals surface area contributed by atoms with Gasteiger partial charge < -0.3 is 25.0 Å². The van der Waals surface area contributed by atoms with Crippen molar-refractivity contribution in [2.24, 2.45) is 4.99 Å². The molecule has 0 spiro atoms. The number of hydrogen-bond acceptors (Lipinski definition) is 4. The standard InChI is InChI=1S/C22H38N4O2.HI/c1-4-12-26-13-10-20(11-14-26)25-22(23-5-2)24-18-19-8-6-9-21(17-19)28-16-7-15-27-3;/h6,8-9,17,20H,4-5,7,10-16,18H2,1-3H3,(H2,23,24,25);1H. The average Bonchev–Trinajstić information content (AvgIpc) is 2.72. The minimum atomic E-state index is 0. The lowest BCUT2D eigenvalue weighted by atomic mass is 10.1. The van der Waals surface area contributed by atoms with E-state index in [4.69, 9.17) is 14.5 Å². The molecule has 1 fully saturated rings. The molecular formula is C22H39IN4O2. The van der Waals surface area contributed by atoms with Crippen LogP contribution in [-0.2, 0) is 11.3 Å². The lowest BCUT2D eigenvalue weighted by Crippen LogP contribution is -2.48. The summed E-state index contributed by atoms with van der Waals surface area (Å²) in [5.74, 6) is 1.80. The molecule has 1 aromatic carbocycles. The van der Waals surface area contributed by atoms with Crippen LogP contribution in [0, 0.1) is 0 Å². The number of guanidine groups is 1. The molecule has 1 aliphatic heterocycles. The van der Waals surface area contributed by atoms with Gasteiger partial charge in [-0.05, 0) is 50.4 Å². The highest BCUT2D eigenvalue weighted by Crippen LogP contribution is 2.15. The minimum absolute atomic E-state index is 0. The molecule has 2 N–H and O–H groups in total. The number of hydrogen-bond donors (Lipinski definition) is 2. The zero-order valence-corrected chi connectivity index (χ0v) is 20.6. The van der Waals surface area contributed by atoms with Crippen molar-refractivity contribution in [2.75, 3.05) is 46.5 Å². The van der Waals surface area contributed by atoms with Crippen LogP contribution in [0.25, 0.3) is 0 Å². The Morgan fingerprint density at radius 1 is 1.21 bits per heavy atom. The highest BCUT2D eigenvalue weighted by Gasteiger charge is 2.19. The number of ether oxygens (including phenoxy) is 2. The molecule has 0 unspecified atom stereocenters. The normalized spacial score (nSPS) is 15.6. The third kappa shape index (κ3) is 10.5. The number of likely N-dealkylation sites (tertiary alicyclic amines) is 1. The average molecular weight is 518 g/mol. The molecule has 0 aliphatic carbocycles. The fourth-order valence-corrected chi connectivity index (χ4v) is 3.43. The number of halogens is 1. The van der Waals surface area contributed by atoms with E-state index in [0.29, 0.717) is 19.2 Å². The number of nitrogens with one attached hydrogen (secondary N) is 2. The quantitative estimate of drug-likeness (QED) is 0.203. The van der Waals surface area contributed by atoms with Gasteiger partial charge in [-0.3, -0.25) is 0 Å². The predicted octanol–water partition coefficient (Wildman–Crippen LogP) is 3.65. The van der Waals surface area contributed by atoms with Gasteiger partial charge in [-0.1, -0.05) is 19.1 Å². The molecule has 0 radical (unpaired) electrons. The van der Waals surface area contributed by atoms with E-state index in [9.17, 15) is 0 Å². The van der Waals surface area contributed by atoms with Gasteiger partial charge in [0.25, 0.3) is 0 Å². The first-order valence-corrected chi connectivity index (χ1v) is 10.7. The Hall–Kier alpha value is -1.06. The molecule has 0 aromatic heterocycles. The number of piperidine rings is 1. The number of methoxy groups -OCH3 is 1. The summed E-state index contributed by atoms with van der Waals surface area (Å²) in [5.41, 5.74) is 1.15. The van der Waals surface area contributed by atoms with Crippen LogP contribution in [0.1, 0.15) is 45.1 Å². The first-order valence-electron chi connectivity index (χ1n) is 10.7. The summed E-state index contributed by atoms with van der Waals surface area (Å²) in [6, 6.07) is 8.69. The van der Waals surface area contributed by atoms with Gasteiger partial charge in [0, 0.05) is 45.8 Å². The fourth-order valence-electron chi connectivity index (χ4n) is 3.43. The Kier molecular flexibility index (Phi) is 14.1. The van der Waals surface area contributed by atoms with Crippen molar-refractivity contribution in [1.29, 1.82) is 0 Å². The summed E-state index contributed by atoms with van der Waals surface area (Å²) in [4.78, 5) is 7.35. The summed E-state index contributed by atoms with van der Waals surface area (Å²) in [6.07, 6.45) is 4.48. The van der Waals surface area contributed by atoms with Crippen LogP contribution >= 0.6 is 24.0 Å². The molecule has 1 aliphatic rings. The van der Waals surface area contributed by atoms with Crippen molar-refractivity contribution in [2.45, 2.75) is 52.1 Å². The van der Waals surface area contributed by atoms with Crippen LogP contribution in [-0.4, -0.2) is 63.4 Å². The van der Waals surface area contributed by atoms with E-state index < -0.39 is 0 Å². The van der Waals surface area contributed by atoms with Crippen LogP contribution in [0.15, 0.2) is 29.3 Å². The molecule has 1 aromatic rings. The Morgan fingerprint density at radius 2 is 2.00 bits per heavy atom. The van der Waals surface area contributed by atoms with Crippen molar-refractivity contribution in [3.05, 3.63) is 29.8 Å². The fraction of sp³-hybridized carbons (Fsp3) is 0.682. The van der Waals surface area contributed by atoms with Crippen LogP contribution in [0.2, 0.25) is 0 Å². The number of benzene rings is 1. The highest BCUT2D eigenvalue weighted by atomic mass is 127. The van der Waals surface area contributed by atoms with Gasteiger partial charge in [0.1, 0.15) is 5.75 Å². The van der Waals surface area contributed by atoms with E-state index in [1.165, 1.54) is 38.9 Å². The third-order valence-corrected chi connectivity index (χ3v) is 4.89. The molecule has 1 saturated heterocycles. The van der Waals surface area contributed by atoms with Gasteiger partial charge in [0.05, 0.1) is 13.2 Å². The van der Waals surface area contributed by atoms with Gasteiger partial charge in [0.2, 0.25) is 0 Å². The maximum Gasteiger partial charge on any atom is 0.191 e. The highest BCUT2D eigenvalue weighted by molar-refractivity contribution is 14.0. The molecule has 166 valence electrons. The van der Waals surface area contributed by atoms with Gasteiger partial charge in [0.15, 0.2) is 5.96 Å². The second kappa shape index (κ2) is 15.7. The Balaban J connectivity index is 0.00000420. The largest absolute Gasteiger partial charge is 0.493 e. The van der Waals surface area contributed by atoms with Crippen LogP contribution < -0.4 is 15.4 Å². The zero-order chi connectivity index (χ0) is 20.0. The number of aliphatic imine (C=N–C) groups is 1. The smallest absolute Gasteiger partial charge is 0.191 e. The summed E-state index contributed by atoms with van der Waals surface area (Å²) >= 11 is 0. The first-order chi connectivity index (χ1) is 13.7. The van der Waals surface area contributed by atoms with Crippen LogP contribution in [0.4, 0.5) is 0 Å². The molecule has 7 heteroatoms. The molecule has 0 saturated carbocycles. The van der Waals surface area contributed by atoms with E-state index in [0.717, 1.165) is 36.8 Å². The second-order valence-electron chi connectivity index (χ2n) is 7.30. The summed E-state index contributed by atoms with van der Waals surface area (Å²) < 4.78 is 10.8. The van der Waals surface area contributed by atoms with Gasteiger partial charge in [-0.2, -0.15) is 0 Å². The summed E-state index contributed by atoms with van der Waals surface area (Å²) in [6.45, 7) is 10.8. The molecule has 6 nitrogen and oxygen atoms in total. The van der Waals surface area contributed by atoms with Gasteiger partial charge >= 0.3 is 0 Å². The molecular weight excluding hydrogens is 479 g/mol. The van der Waals surface area contributed by atoms with E-state index in [2.05, 4.69) is 41.5 Å². The third-order valence-electron chi connectivity index (χ3n) is 4.89. The van der Waals surface area contributed by atoms with Crippen molar-refractivity contribution < 1.29 is 9.47 Å². The monoisotopic (exact) mass is 518 g/mol. The van der Waals surface area contributed by atoms with E-state index in [1.807, 2.05) is 12.1 Å². The van der Waals surface area contributed by atoms with Gasteiger partial charge in [-0.15, -0.1) is 24.0 Å².